The second-order valence-electron chi connectivity index (χ2n) is 4.45. The Bertz CT molecular complexity index is 229. The van der Waals surface area contributed by atoms with Crippen LogP contribution in [0.15, 0.2) is 0 Å². The van der Waals surface area contributed by atoms with E-state index in [1.807, 2.05) is 13.8 Å². The number of carbonyl (C=O) groups is 2. The summed E-state index contributed by atoms with van der Waals surface area (Å²) in [6, 6.07) is 0.0535. The maximum atomic E-state index is 11.4. The van der Waals surface area contributed by atoms with Crippen molar-refractivity contribution in [2.45, 2.75) is 65.3 Å². The van der Waals surface area contributed by atoms with Gasteiger partial charge in [0.25, 0.3) is 0 Å². The predicted octanol–water partition coefficient (Wildman–Crippen LogP) is 1.99. The quantitative estimate of drug-likeness (QED) is 0.505. The van der Waals surface area contributed by atoms with Gasteiger partial charge in [-0.25, -0.2) is 0 Å². The van der Waals surface area contributed by atoms with Crippen molar-refractivity contribution in [3.05, 3.63) is 0 Å². The van der Waals surface area contributed by atoms with Crippen molar-refractivity contribution < 1.29 is 9.59 Å². The summed E-state index contributed by atoms with van der Waals surface area (Å²) in [7, 11) is 0. The van der Waals surface area contributed by atoms with Gasteiger partial charge in [-0.3, -0.25) is 9.59 Å². The van der Waals surface area contributed by atoms with Gasteiger partial charge in [0.2, 0.25) is 0 Å². The third-order valence-electron chi connectivity index (χ3n) is 2.76. The van der Waals surface area contributed by atoms with E-state index in [4.69, 9.17) is 0 Å². The zero-order valence-corrected chi connectivity index (χ0v) is 11.3. The molecular formula is C13H26N2O2. The van der Waals surface area contributed by atoms with Crippen molar-refractivity contribution in [3.8, 4) is 0 Å². The number of hydrogen-bond acceptors (Lipinski definition) is 2. The van der Waals surface area contributed by atoms with Crippen molar-refractivity contribution in [3.63, 3.8) is 0 Å². The molecule has 0 aromatic carbocycles. The number of nitrogens with one attached hydrogen (secondary N) is 2. The normalized spacial score (nSPS) is 11.9. The molecule has 100 valence electrons. The van der Waals surface area contributed by atoms with Crippen molar-refractivity contribution in [1.82, 2.24) is 10.6 Å². The number of amides is 2. The third kappa shape index (κ3) is 8.72. The molecule has 0 unspecified atom stereocenters. The van der Waals surface area contributed by atoms with Crippen molar-refractivity contribution in [1.29, 1.82) is 0 Å². The second kappa shape index (κ2) is 10.1. The fourth-order valence-corrected chi connectivity index (χ4v) is 1.40. The highest BCUT2D eigenvalue weighted by Gasteiger charge is 2.13. The number of carbonyl (C=O) groups excluding carboxylic acids is 2. The van der Waals surface area contributed by atoms with Crippen LogP contribution in [0.5, 0.6) is 0 Å². The van der Waals surface area contributed by atoms with E-state index in [1.165, 1.54) is 19.3 Å². The molecule has 2 N–H and O–H groups in total. The highest BCUT2D eigenvalue weighted by atomic mass is 16.2. The van der Waals surface area contributed by atoms with Crippen LogP contribution in [-0.2, 0) is 9.59 Å². The van der Waals surface area contributed by atoms with Crippen LogP contribution in [-0.4, -0.2) is 24.4 Å². The fraction of sp³-hybridized carbons (Fsp3) is 0.846. The average Bonchev–Trinajstić information content (AvgIpc) is 2.32. The highest BCUT2D eigenvalue weighted by Crippen LogP contribution is 2.00. The first-order valence-electron chi connectivity index (χ1n) is 6.70. The Morgan fingerprint density at radius 2 is 1.65 bits per heavy atom. The lowest BCUT2D eigenvalue weighted by Crippen LogP contribution is -2.43. The molecule has 0 radical (unpaired) electrons. The minimum absolute atomic E-state index is 0.0535. The molecule has 0 saturated carbocycles. The average molecular weight is 242 g/mol. The molecule has 2 amide bonds. The van der Waals surface area contributed by atoms with Gasteiger partial charge in [-0.15, -0.1) is 0 Å². The van der Waals surface area contributed by atoms with E-state index in [0.717, 1.165) is 19.3 Å². The fourth-order valence-electron chi connectivity index (χ4n) is 1.40. The van der Waals surface area contributed by atoms with Gasteiger partial charge in [0.15, 0.2) is 0 Å². The van der Waals surface area contributed by atoms with Gasteiger partial charge in [-0.2, -0.15) is 0 Å². The standard InChI is InChI=1S/C13H26N2O2/c1-4-6-7-8-9-10-14-12(16)13(17)15-11(3)5-2/h11H,4-10H2,1-3H3,(H,14,16)(H,15,17)/t11-/m1/s1. The summed E-state index contributed by atoms with van der Waals surface area (Å²) in [5.74, 6) is -1.03. The van der Waals surface area contributed by atoms with Crippen LogP contribution < -0.4 is 10.6 Å². The third-order valence-corrected chi connectivity index (χ3v) is 2.76. The molecule has 0 bridgehead atoms. The van der Waals surface area contributed by atoms with Crippen molar-refractivity contribution >= 4 is 11.8 Å². The minimum atomic E-state index is -0.520. The van der Waals surface area contributed by atoms with E-state index in [9.17, 15) is 9.59 Å². The first-order valence-corrected chi connectivity index (χ1v) is 6.70. The highest BCUT2D eigenvalue weighted by molar-refractivity contribution is 6.35. The molecule has 4 nitrogen and oxygen atoms in total. The first kappa shape index (κ1) is 15.9. The topological polar surface area (TPSA) is 58.2 Å². The molecule has 17 heavy (non-hydrogen) atoms. The van der Waals surface area contributed by atoms with Gasteiger partial charge >= 0.3 is 11.8 Å². The van der Waals surface area contributed by atoms with Crippen molar-refractivity contribution in [2.24, 2.45) is 0 Å². The molecule has 0 aromatic rings. The molecule has 0 rings (SSSR count). The molecule has 0 heterocycles. The number of hydrogen-bond donors (Lipinski definition) is 2. The molecule has 0 aliphatic heterocycles. The molecule has 0 saturated heterocycles. The van der Waals surface area contributed by atoms with E-state index < -0.39 is 11.8 Å². The van der Waals surface area contributed by atoms with E-state index in [2.05, 4.69) is 17.6 Å². The summed E-state index contributed by atoms with van der Waals surface area (Å²) in [5.41, 5.74) is 0. The van der Waals surface area contributed by atoms with E-state index in [0.29, 0.717) is 6.54 Å². The van der Waals surface area contributed by atoms with Crippen LogP contribution >= 0.6 is 0 Å². The van der Waals surface area contributed by atoms with Gasteiger partial charge in [0, 0.05) is 12.6 Å². The molecule has 1 atom stereocenters. The summed E-state index contributed by atoms with van der Waals surface area (Å²) >= 11 is 0. The molecule has 0 aliphatic carbocycles. The van der Waals surface area contributed by atoms with Gasteiger partial charge in [0.1, 0.15) is 0 Å². The SMILES string of the molecule is CCCCCCCNC(=O)C(=O)N[C@H](C)CC. The Hall–Kier alpha value is -1.06. The van der Waals surface area contributed by atoms with Gasteiger partial charge < -0.3 is 10.6 Å². The molecule has 0 aliphatic rings. The minimum Gasteiger partial charge on any atom is -0.348 e. The molecule has 0 spiro atoms. The number of unbranched alkanes of at least 4 members (excludes halogenated alkanes) is 4. The van der Waals surface area contributed by atoms with Crippen LogP contribution in [0.1, 0.15) is 59.3 Å². The van der Waals surface area contributed by atoms with Crippen molar-refractivity contribution in [2.75, 3.05) is 6.54 Å². The molecule has 0 fully saturated rings. The Kier molecular flexibility index (Phi) is 9.49. The summed E-state index contributed by atoms with van der Waals surface area (Å²) in [5, 5.41) is 5.28. The van der Waals surface area contributed by atoms with Crippen LogP contribution in [0.3, 0.4) is 0 Å². The van der Waals surface area contributed by atoms with Gasteiger partial charge in [0.05, 0.1) is 0 Å². The Morgan fingerprint density at radius 3 is 2.24 bits per heavy atom. The zero-order valence-electron chi connectivity index (χ0n) is 11.3. The second-order valence-corrected chi connectivity index (χ2v) is 4.45. The van der Waals surface area contributed by atoms with Crippen LogP contribution in [0.25, 0.3) is 0 Å². The van der Waals surface area contributed by atoms with Gasteiger partial charge in [-0.05, 0) is 19.8 Å². The Labute approximate surface area is 105 Å². The molecule has 0 aromatic heterocycles. The lowest BCUT2D eigenvalue weighted by atomic mass is 10.1. The van der Waals surface area contributed by atoms with Crippen LogP contribution in [0, 0.1) is 0 Å². The summed E-state index contributed by atoms with van der Waals surface area (Å²) in [6.45, 7) is 6.62. The monoisotopic (exact) mass is 242 g/mol. The largest absolute Gasteiger partial charge is 0.348 e. The zero-order chi connectivity index (χ0) is 13.1. The lowest BCUT2D eigenvalue weighted by molar-refractivity contribution is -0.139. The maximum absolute atomic E-state index is 11.4. The number of rotatable bonds is 8. The predicted molar refractivity (Wildman–Crippen MR) is 69.7 cm³/mol. The Morgan fingerprint density at radius 1 is 1.00 bits per heavy atom. The lowest BCUT2D eigenvalue weighted by Gasteiger charge is -2.11. The maximum Gasteiger partial charge on any atom is 0.309 e. The first-order chi connectivity index (χ1) is 8.11. The summed E-state index contributed by atoms with van der Waals surface area (Å²) in [4.78, 5) is 22.7. The van der Waals surface area contributed by atoms with Gasteiger partial charge in [-0.1, -0.05) is 39.5 Å². The van der Waals surface area contributed by atoms with E-state index >= 15 is 0 Å². The van der Waals surface area contributed by atoms with E-state index in [-0.39, 0.29) is 6.04 Å². The van der Waals surface area contributed by atoms with Crippen LogP contribution in [0.4, 0.5) is 0 Å². The molecule has 4 heteroatoms. The smallest absolute Gasteiger partial charge is 0.309 e. The van der Waals surface area contributed by atoms with Crippen LogP contribution in [0.2, 0.25) is 0 Å². The molecular weight excluding hydrogens is 216 g/mol. The summed E-state index contributed by atoms with van der Waals surface area (Å²) < 4.78 is 0. The summed E-state index contributed by atoms with van der Waals surface area (Å²) in [6.07, 6.45) is 6.54. The van der Waals surface area contributed by atoms with E-state index in [1.54, 1.807) is 0 Å². The Balaban J connectivity index is 3.54.